The molecule has 2 aliphatic carbocycles. The van der Waals surface area contributed by atoms with E-state index in [2.05, 4.69) is 73.0 Å². The molecule has 2 saturated heterocycles. The summed E-state index contributed by atoms with van der Waals surface area (Å²) in [6.45, 7) is 4.96. The Kier molecular flexibility index (Phi) is 8.23. The maximum absolute atomic E-state index is 14.3. The monoisotopic (exact) mass is 587 g/mol. The number of allylic oxidation sites excluding steroid dienone is 1. The summed E-state index contributed by atoms with van der Waals surface area (Å²) in [5, 5.41) is 11.5. The molecule has 2 aliphatic heterocycles. The number of rotatable bonds is 5. The highest BCUT2D eigenvalue weighted by atomic mass is 32.2. The van der Waals surface area contributed by atoms with E-state index < -0.39 is 0 Å². The minimum atomic E-state index is -0.215. The van der Waals surface area contributed by atoms with Crippen LogP contribution in [0.15, 0.2) is 48.7 Å². The van der Waals surface area contributed by atoms with E-state index in [-0.39, 0.29) is 22.8 Å². The highest BCUT2D eigenvalue weighted by Gasteiger charge is 2.62. The molecule has 0 bridgehead atoms. The summed E-state index contributed by atoms with van der Waals surface area (Å²) in [6.07, 6.45) is 10.7. The lowest BCUT2D eigenvalue weighted by atomic mass is 9.45. The first-order valence-electron chi connectivity index (χ1n) is 13.9. The fraction of sp³-hybridized carbons (Fsp3) is 0.581. The third-order valence-electron chi connectivity index (χ3n) is 9.81. The van der Waals surface area contributed by atoms with E-state index in [1.807, 2.05) is 24.3 Å². The smallest absolute Gasteiger partial charge is 0.131 e. The molecule has 0 unspecified atom stereocenters. The summed E-state index contributed by atoms with van der Waals surface area (Å²) in [7, 11) is 0. The summed E-state index contributed by atoms with van der Waals surface area (Å²) in [4.78, 5) is 4.72. The normalized spacial score (nSPS) is 36.6. The van der Waals surface area contributed by atoms with E-state index in [1.54, 1.807) is 12.3 Å². The molecule has 4 aliphatic rings. The van der Waals surface area contributed by atoms with Gasteiger partial charge in [-0.15, -0.1) is 47.0 Å². The topological polar surface area (TPSA) is 33.1 Å². The number of hydrogen-bond acceptors (Lipinski definition) is 6. The number of aliphatic hydroxyl groups excluding tert-OH is 1. The lowest BCUT2D eigenvalue weighted by molar-refractivity contribution is -0.139. The number of fused-ring (bicyclic) bond motifs is 1. The number of halogens is 1. The van der Waals surface area contributed by atoms with Gasteiger partial charge in [0.25, 0.3) is 0 Å². The highest BCUT2D eigenvalue weighted by molar-refractivity contribution is 8.20. The van der Waals surface area contributed by atoms with Crippen molar-refractivity contribution < 1.29 is 9.50 Å². The Bertz CT molecular complexity index is 1150. The number of benzene rings is 1. The van der Waals surface area contributed by atoms with Crippen LogP contribution in [-0.4, -0.2) is 48.4 Å². The molecule has 0 amide bonds. The quantitative estimate of drug-likeness (QED) is 0.379. The van der Waals surface area contributed by atoms with Gasteiger partial charge in [-0.2, -0.15) is 0 Å². The van der Waals surface area contributed by atoms with Crippen LogP contribution in [0.3, 0.4) is 0 Å². The van der Waals surface area contributed by atoms with Gasteiger partial charge in [0.1, 0.15) is 5.82 Å². The molecule has 4 fully saturated rings. The molecule has 2 nitrogen and oxygen atoms in total. The molecule has 0 radical (unpaired) electrons. The van der Waals surface area contributed by atoms with E-state index in [1.165, 1.54) is 41.9 Å². The average molecular weight is 588 g/mol. The van der Waals surface area contributed by atoms with Gasteiger partial charge in [0.05, 0.1) is 21.0 Å². The second-order valence-corrected chi connectivity index (χ2v) is 17.3. The first-order valence-corrected chi connectivity index (χ1v) is 18.1. The molecular weight excluding hydrogens is 550 g/mol. The summed E-state index contributed by atoms with van der Waals surface area (Å²) in [5.74, 6) is 6.33. The van der Waals surface area contributed by atoms with Gasteiger partial charge in [0.2, 0.25) is 0 Å². The van der Waals surface area contributed by atoms with Crippen LogP contribution in [0.5, 0.6) is 0 Å². The first kappa shape index (κ1) is 27.6. The van der Waals surface area contributed by atoms with Crippen molar-refractivity contribution in [3.8, 4) is 11.1 Å². The molecule has 2 aromatic rings. The molecule has 38 heavy (non-hydrogen) atoms. The van der Waals surface area contributed by atoms with Crippen molar-refractivity contribution in [2.75, 3.05) is 23.0 Å². The number of pyridine rings is 1. The summed E-state index contributed by atoms with van der Waals surface area (Å²) in [5.41, 5.74) is 2.45. The van der Waals surface area contributed by atoms with Gasteiger partial charge in [0, 0.05) is 45.8 Å². The molecule has 1 aromatic heterocycles. The fourth-order valence-electron chi connectivity index (χ4n) is 7.83. The first-order chi connectivity index (χ1) is 18.4. The summed E-state index contributed by atoms with van der Waals surface area (Å²) >= 11 is 8.49. The zero-order valence-electron chi connectivity index (χ0n) is 22.2. The van der Waals surface area contributed by atoms with Crippen molar-refractivity contribution in [1.29, 1.82) is 0 Å². The van der Waals surface area contributed by atoms with Crippen LogP contribution in [0, 0.1) is 34.4 Å². The van der Waals surface area contributed by atoms with E-state index >= 15 is 0 Å². The lowest BCUT2D eigenvalue weighted by Crippen LogP contribution is -2.60. The molecule has 7 heteroatoms. The SMILES string of the molecule is C[C@@]12CC[C@@H](O)[C@@](C)(C3SCCS3)[C@H]1CC[C@@H](C1SCCS1)[C@H]2/C=C/c1ccc(-c2ccccc2F)cn1. The maximum atomic E-state index is 14.3. The van der Waals surface area contributed by atoms with Crippen LogP contribution in [0.1, 0.15) is 45.2 Å². The standard InChI is InChI=1S/C31H38FNOS4/c1-30-14-13-27(34)31(2,29-37-17-18-38-29)26(30)12-10-23(28-35-15-16-36-28)24(30)11-9-21-8-7-20(19-33-21)22-5-3-4-6-25(22)32/h3-9,11,19,23-24,26-29,34H,10,12-18H2,1-2H3/b11-9+/t23-,24-,26+,27-,30+,31+/m1/s1. The molecule has 1 N–H and O–H groups in total. The largest absolute Gasteiger partial charge is 0.392 e. The van der Waals surface area contributed by atoms with Gasteiger partial charge in [-0.3, -0.25) is 4.98 Å². The van der Waals surface area contributed by atoms with E-state index in [0.29, 0.717) is 32.5 Å². The Morgan fingerprint density at radius 1 is 0.947 bits per heavy atom. The van der Waals surface area contributed by atoms with Crippen molar-refractivity contribution in [1.82, 2.24) is 4.98 Å². The number of hydrogen-bond donors (Lipinski definition) is 1. The highest BCUT2D eigenvalue weighted by Crippen LogP contribution is 2.67. The zero-order chi connectivity index (χ0) is 26.3. The van der Waals surface area contributed by atoms with Gasteiger partial charge >= 0.3 is 0 Å². The molecule has 6 rings (SSSR count). The Hall–Kier alpha value is -0.600. The van der Waals surface area contributed by atoms with Gasteiger partial charge in [-0.05, 0) is 67.1 Å². The van der Waals surface area contributed by atoms with E-state index in [0.717, 1.165) is 24.1 Å². The Morgan fingerprint density at radius 3 is 2.39 bits per heavy atom. The average Bonchev–Trinajstić information content (AvgIpc) is 3.66. The van der Waals surface area contributed by atoms with Crippen LogP contribution in [-0.2, 0) is 0 Å². The van der Waals surface area contributed by atoms with Crippen LogP contribution >= 0.6 is 47.0 Å². The molecular formula is C31H38FNOS4. The van der Waals surface area contributed by atoms with Gasteiger partial charge in [-0.1, -0.05) is 44.2 Å². The van der Waals surface area contributed by atoms with E-state index in [9.17, 15) is 9.50 Å². The summed E-state index contributed by atoms with van der Waals surface area (Å²) < 4.78 is 15.4. The number of thioether (sulfide) groups is 4. The second-order valence-electron chi connectivity index (χ2n) is 11.7. The minimum absolute atomic E-state index is 0.0501. The van der Waals surface area contributed by atoms with Crippen LogP contribution < -0.4 is 0 Å². The predicted octanol–water partition coefficient (Wildman–Crippen LogP) is 8.32. The molecule has 6 atom stereocenters. The van der Waals surface area contributed by atoms with Gasteiger partial charge in [-0.25, -0.2) is 4.39 Å². The molecule has 3 heterocycles. The van der Waals surface area contributed by atoms with Gasteiger partial charge < -0.3 is 5.11 Å². The van der Waals surface area contributed by atoms with Gasteiger partial charge in [0.15, 0.2) is 0 Å². The minimum Gasteiger partial charge on any atom is -0.392 e. The molecule has 0 spiro atoms. The van der Waals surface area contributed by atoms with Crippen LogP contribution in [0.2, 0.25) is 0 Å². The van der Waals surface area contributed by atoms with Crippen molar-refractivity contribution >= 4 is 53.1 Å². The fourth-order valence-corrected chi connectivity index (χ4v) is 14.7. The molecule has 1 aromatic carbocycles. The second kappa shape index (κ2) is 11.3. The maximum Gasteiger partial charge on any atom is 0.131 e. The zero-order valence-corrected chi connectivity index (χ0v) is 25.5. The Labute approximate surface area is 244 Å². The molecule has 2 saturated carbocycles. The third kappa shape index (κ3) is 4.91. The number of aliphatic hydroxyl groups is 1. The third-order valence-corrected chi connectivity index (χ3v) is 16.7. The lowest BCUT2D eigenvalue weighted by Gasteiger charge is -2.62. The van der Waals surface area contributed by atoms with Crippen LogP contribution in [0.4, 0.5) is 4.39 Å². The summed E-state index contributed by atoms with van der Waals surface area (Å²) in [6, 6.07) is 10.9. The van der Waals surface area contributed by atoms with Crippen molar-refractivity contribution in [3.05, 3.63) is 60.2 Å². The van der Waals surface area contributed by atoms with Crippen molar-refractivity contribution in [2.24, 2.45) is 28.6 Å². The number of aromatic nitrogens is 1. The Morgan fingerprint density at radius 2 is 1.68 bits per heavy atom. The number of nitrogens with zero attached hydrogens (tertiary/aromatic N) is 1. The van der Waals surface area contributed by atoms with Crippen molar-refractivity contribution in [3.63, 3.8) is 0 Å². The molecule has 204 valence electrons. The predicted molar refractivity (Wildman–Crippen MR) is 167 cm³/mol. The van der Waals surface area contributed by atoms with Crippen molar-refractivity contribution in [2.45, 2.75) is 54.8 Å². The van der Waals surface area contributed by atoms with E-state index in [4.69, 9.17) is 4.98 Å². The van der Waals surface area contributed by atoms with Crippen LogP contribution in [0.25, 0.3) is 17.2 Å². The Balaban J connectivity index is 1.32.